The number of carbonyl (C=O) groups excluding carboxylic acids is 1. The molecule has 1 aromatic carbocycles. The molecule has 2 heterocycles. The molecule has 1 aromatic rings. The van der Waals surface area contributed by atoms with Crippen LogP contribution in [0.5, 0.6) is 0 Å². The third-order valence-electron chi connectivity index (χ3n) is 5.46. The minimum absolute atomic E-state index is 0.0944. The summed E-state index contributed by atoms with van der Waals surface area (Å²) in [5.74, 6) is -0.000470. The van der Waals surface area contributed by atoms with E-state index in [9.17, 15) is 4.79 Å². The highest BCUT2D eigenvalue weighted by Gasteiger charge is 2.35. The average Bonchev–Trinajstić information content (AvgIpc) is 2.59. The van der Waals surface area contributed by atoms with E-state index in [1.165, 1.54) is 0 Å². The number of primary amides is 1. The van der Waals surface area contributed by atoms with Crippen LogP contribution in [0.4, 0.5) is 0 Å². The summed E-state index contributed by atoms with van der Waals surface area (Å²) in [5, 5.41) is 4.53. The van der Waals surface area contributed by atoms with Crippen molar-refractivity contribution < 1.29 is 4.79 Å². The Morgan fingerprint density at radius 2 is 1.96 bits per heavy atom. The Morgan fingerprint density at radius 1 is 1.21 bits per heavy atom. The van der Waals surface area contributed by atoms with Crippen molar-refractivity contribution >= 4 is 29.1 Å². The van der Waals surface area contributed by atoms with Gasteiger partial charge in [-0.05, 0) is 68.9 Å². The lowest BCUT2D eigenvalue weighted by Gasteiger charge is -2.42. The van der Waals surface area contributed by atoms with Crippen molar-refractivity contribution in [2.24, 2.45) is 17.6 Å². The van der Waals surface area contributed by atoms with Crippen molar-refractivity contribution in [2.45, 2.75) is 31.7 Å². The zero-order chi connectivity index (χ0) is 17.1. The van der Waals surface area contributed by atoms with Crippen LogP contribution in [-0.2, 0) is 11.2 Å². The lowest BCUT2D eigenvalue weighted by atomic mass is 9.80. The van der Waals surface area contributed by atoms with Crippen LogP contribution in [0.25, 0.3) is 0 Å². The van der Waals surface area contributed by atoms with Crippen molar-refractivity contribution in [1.29, 1.82) is 0 Å². The van der Waals surface area contributed by atoms with Crippen molar-refractivity contribution in [3.05, 3.63) is 33.8 Å². The van der Waals surface area contributed by atoms with Gasteiger partial charge in [0.25, 0.3) is 0 Å². The van der Waals surface area contributed by atoms with Crippen LogP contribution in [-0.4, -0.2) is 43.0 Å². The van der Waals surface area contributed by atoms with E-state index in [1.807, 2.05) is 18.2 Å². The number of halogens is 2. The molecule has 3 N–H and O–H groups in total. The summed E-state index contributed by atoms with van der Waals surface area (Å²) in [7, 11) is 0. The molecular weight excluding hydrogens is 345 g/mol. The van der Waals surface area contributed by atoms with E-state index in [2.05, 4.69) is 10.2 Å². The summed E-state index contributed by atoms with van der Waals surface area (Å²) in [6.07, 6.45) is 4.13. The molecule has 0 unspecified atom stereocenters. The highest BCUT2D eigenvalue weighted by atomic mass is 35.5. The fourth-order valence-corrected chi connectivity index (χ4v) is 4.39. The molecule has 2 aliphatic heterocycles. The number of nitrogens with one attached hydrogen (secondary N) is 1. The van der Waals surface area contributed by atoms with Gasteiger partial charge in [-0.3, -0.25) is 9.69 Å². The SMILES string of the molecule is NC(=O)[C@@H]1CN(C2CCNCC2)CC[C@@H]1Cc1ccc(Cl)c(Cl)c1. The molecule has 2 fully saturated rings. The zero-order valence-corrected chi connectivity index (χ0v) is 15.3. The predicted octanol–water partition coefficient (Wildman–Crippen LogP) is 2.71. The molecule has 1 amide bonds. The number of nitrogens with zero attached hydrogens (tertiary/aromatic N) is 1. The summed E-state index contributed by atoms with van der Waals surface area (Å²) in [5.41, 5.74) is 6.85. The maximum Gasteiger partial charge on any atom is 0.222 e. The number of hydrogen-bond donors (Lipinski definition) is 2. The Kier molecular flexibility index (Phi) is 6.03. The molecule has 24 heavy (non-hydrogen) atoms. The number of carbonyl (C=O) groups is 1. The molecule has 0 aliphatic carbocycles. The first-order valence-electron chi connectivity index (χ1n) is 8.72. The van der Waals surface area contributed by atoms with Gasteiger partial charge in [0.1, 0.15) is 0 Å². The standard InChI is InChI=1S/C18H25Cl2N3O/c19-16-2-1-12(10-17(16)20)9-13-5-8-23(11-15(13)18(21)24)14-3-6-22-7-4-14/h1-2,10,13-15,22H,3-9,11H2,(H2,21,24)/t13-,15-/m1/s1. The summed E-state index contributed by atoms with van der Waals surface area (Å²) < 4.78 is 0. The van der Waals surface area contributed by atoms with Crippen LogP contribution in [0.3, 0.4) is 0 Å². The van der Waals surface area contributed by atoms with Gasteiger partial charge in [0.2, 0.25) is 5.91 Å². The Bertz CT molecular complexity index is 590. The van der Waals surface area contributed by atoms with Crippen LogP contribution >= 0.6 is 23.2 Å². The van der Waals surface area contributed by atoms with E-state index in [4.69, 9.17) is 28.9 Å². The molecule has 3 rings (SSSR count). The second-order valence-corrected chi connectivity index (χ2v) is 7.80. The van der Waals surface area contributed by atoms with Crippen molar-refractivity contribution in [3.8, 4) is 0 Å². The lowest BCUT2D eigenvalue weighted by molar-refractivity contribution is -0.126. The lowest BCUT2D eigenvalue weighted by Crippen LogP contribution is -2.52. The highest BCUT2D eigenvalue weighted by Crippen LogP contribution is 2.31. The Labute approximate surface area is 153 Å². The summed E-state index contributed by atoms with van der Waals surface area (Å²) in [6.45, 7) is 3.95. The van der Waals surface area contributed by atoms with Gasteiger partial charge in [-0.1, -0.05) is 29.3 Å². The van der Waals surface area contributed by atoms with Gasteiger partial charge in [-0.15, -0.1) is 0 Å². The number of hydrogen-bond acceptors (Lipinski definition) is 3. The first-order valence-corrected chi connectivity index (χ1v) is 9.48. The number of amides is 1. The van der Waals surface area contributed by atoms with Gasteiger partial charge in [0.15, 0.2) is 0 Å². The number of benzene rings is 1. The average molecular weight is 370 g/mol. The van der Waals surface area contributed by atoms with Crippen molar-refractivity contribution in [3.63, 3.8) is 0 Å². The van der Waals surface area contributed by atoms with Crippen LogP contribution in [0.15, 0.2) is 18.2 Å². The highest BCUT2D eigenvalue weighted by molar-refractivity contribution is 6.42. The predicted molar refractivity (Wildman–Crippen MR) is 98.4 cm³/mol. The second kappa shape index (κ2) is 8.05. The maximum absolute atomic E-state index is 12.0. The fraction of sp³-hybridized carbons (Fsp3) is 0.611. The number of likely N-dealkylation sites (tertiary alicyclic amines) is 1. The summed E-state index contributed by atoms with van der Waals surface area (Å²) in [6, 6.07) is 6.30. The normalized spacial score (nSPS) is 26.4. The van der Waals surface area contributed by atoms with E-state index in [1.54, 1.807) is 0 Å². The first-order chi connectivity index (χ1) is 11.5. The molecule has 132 valence electrons. The molecule has 0 saturated carbocycles. The molecule has 2 aliphatic rings. The van der Waals surface area contributed by atoms with Gasteiger partial charge < -0.3 is 11.1 Å². The number of piperidine rings is 2. The van der Waals surface area contributed by atoms with E-state index in [0.717, 1.165) is 57.4 Å². The topological polar surface area (TPSA) is 58.4 Å². The Morgan fingerprint density at radius 3 is 2.62 bits per heavy atom. The smallest absolute Gasteiger partial charge is 0.222 e. The van der Waals surface area contributed by atoms with Gasteiger partial charge >= 0.3 is 0 Å². The van der Waals surface area contributed by atoms with E-state index in [0.29, 0.717) is 16.1 Å². The van der Waals surface area contributed by atoms with Crippen LogP contribution < -0.4 is 11.1 Å². The Hall–Kier alpha value is -0.810. The van der Waals surface area contributed by atoms with Crippen LogP contribution in [0.2, 0.25) is 10.0 Å². The van der Waals surface area contributed by atoms with Crippen LogP contribution in [0.1, 0.15) is 24.8 Å². The third-order valence-corrected chi connectivity index (χ3v) is 6.20. The van der Waals surface area contributed by atoms with E-state index < -0.39 is 0 Å². The van der Waals surface area contributed by atoms with Crippen LogP contribution in [0, 0.1) is 11.8 Å². The largest absolute Gasteiger partial charge is 0.369 e. The minimum Gasteiger partial charge on any atom is -0.369 e. The van der Waals surface area contributed by atoms with Crippen molar-refractivity contribution in [2.75, 3.05) is 26.2 Å². The molecule has 4 nitrogen and oxygen atoms in total. The molecular formula is C18H25Cl2N3O. The monoisotopic (exact) mass is 369 g/mol. The van der Waals surface area contributed by atoms with Gasteiger partial charge in [0, 0.05) is 12.6 Å². The molecule has 2 saturated heterocycles. The minimum atomic E-state index is -0.182. The molecule has 2 atom stereocenters. The van der Waals surface area contributed by atoms with E-state index in [-0.39, 0.29) is 17.7 Å². The zero-order valence-electron chi connectivity index (χ0n) is 13.8. The van der Waals surface area contributed by atoms with Gasteiger partial charge in [-0.2, -0.15) is 0 Å². The first kappa shape index (κ1) is 18.0. The fourth-order valence-electron chi connectivity index (χ4n) is 4.07. The maximum atomic E-state index is 12.0. The number of rotatable bonds is 4. The van der Waals surface area contributed by atoms with Gasteiger partial charge in [-0.25, -0.2) is 0 Å². The third kappa shape index (κ3) is 4.23. The number of nitrogens with two attached hydrogens (primary N) is 1. The quantitative estimate of drug-likeness (QED) is 0.857. The van der Waals surface area contributed by atoms with E-state index >= 15 is 0 Å². The molecule has 0 spiro atoms. The molecule has 0 radical (unpaired) electrons. The molecule has 6 heteroatoms. The van der Waals surface area contributed by atoms with Crippen molar-refractivity contribution in [1.82, 2.24) is 10.2 Å². The molecule has 0 bridgehead atoms. The summed E-state index contributed by atoms with van der Waals surface area (Å²) in [4.78, 5) is 14.5. The Balaban J connectivity index is 1.67. The molecule has 0 aromatic heterocycles. The summed E-state index contributed by atoms with van der Waals surface area (Å²) >= 11 is 12.1. The second-order valence-electron chi connectivity index (χ2n) is 6.99. The van der Waals surface area contributed by atoms with Gasteiger partial charge in [0.05, 0.1) is 16.0 Å².